The predicted octanol–water partition coefficient (Wildman–Crippen LogP) is 6.26. The number of nitrogens with zero attached hydrogens (tertiary/aromatic N) is 2. The van der Waals surface area contributed by atoms with Crippen LogP contribution in [0.3, 0.4) is 0 Å². The topological polar surface area (TPSA) is 93.6 Å². The second kappa shape index (κ2) is 10.8. The van der Waals surface area contributed by atoms with Gasteiger partial charge in [0.2, 0.25) is 11.8 Å². The molecular weight excluding hydrogens is 528 g/mol. The van der Waals surface area contributed by atoms with Crippen molar-refractivity contribution in [1.82, 2.24) is 4.98 Å². The van der Waals surface area contributed by atoms with Crippen molar-refractivity contribution >= 4 is 40.2 Å². The van der Waals surface area contributed by atoms with E-state index in [1.54, 1.807) is 48.5 Å². The second-order valence-electron chi connectivity index (χ2n) is 11.1. The summed E-state index contributed by atoms with van der Waals surface area (Å²) in [5.41, 5.74) is 5.20. The van der Waals surface area contributed by atoms with Crippen LogP contribution in [0.4, 0.5) is 5.69 Å². The average molecular weight is 559 g/mol. The van der Waals surface area contributed by atoms with Crippen molar-refractivity contribution < 1.29 is 23.9 Å². The molecule has 1 saturated heterocycles. The number of pyridine rings is 1. The number of para-hydroxylation sites is 1. The van der Waals surface area contributed by atoms with Crippen molar-refractivity contribution in [3.05, 3.63) is 107 Å². The lowest BCUT2D eigenvalue weighted by atomic mass is 9.78. The first-order valence-corrected chi connectivity index (χ1v) is 14.0. The van der Waals surface area contributed by atoms with E-state index in [1.165, 1.54) is 4.90 Å². The van der Waals surface area contributed by atoms with E-state index in [2.05, 4.69) is 0 Å². The summed E-state index contributed by atoms with van der Waals surface area (Å²) in [6, 6.07) is 21.3. The summed E-state index contributed by atoms with van der Waals surface area (Å²) in [4.78, 5) is 58.4. The van der Waals surface area contributed by atoms with Crippen molar-refractivity contribution in [3.63, 3.8) is 0 Å². The van der Waals surface area contributed by atoms with E-state index in [0.717, 1.165) is 11.1 Å². The van der Waals surface area contributed by atoms with E-state index in [1.807, 2.05) is 57.2 Å². The highest BCUT2D eigenvalue weighted by molar-refractivity contribution is 6.22. The average Bonchev–Trinajstić information content (AvgIpc) is 3.26. The lowest BCUT2D eigenvalue weighted by molar-refractivity contribution is -0.122. The summed E-state index contributed by atoms with van der Waals surface area (Å²) >= 11 is 0. The monoisotopic (exact) mass is 558 g/mol. The van der Waals surface area contributed by atoms with Crippen LogP contribution in [-0.4, -0.2) is 35.2 Å². The van der Waals surface area contributed by atoms with Crippen LogP contribution in [0.2, 0.25) is 0 Å². The number of Topliss-reactive ketones (excluding diaryl/α,β-unsaturated/α-hetero) is 1. The Hall–Kier alpha value is -4.91. The molecule has 3 unspecified atom stereocenters. The minimum atomic E-state index is -0.623. The third-order valence-corrected chi connectivity index (χ3v) is 8.39. The molecule has 210 valence electrons. The van der Waals surface area contributed by atoms with Crippen LogP contribution >= 0.6 is 0 Å². The van der Waals surface area contributed by atoms with Gasteiger partial charge in [0, 0.05) is 16.5 Å². The van der Waals surface area contributed by atoms with Crippen LogP contribution in [0.1, 0.15) is 45.2 Å². The van der Waals surface area contributed by atoms with Crippen LogP contribution in [-0.2, 0) is 14.3 Å². The number of imide groups is 1. The summed E-state index contributed by atoms with van der Waals surface area (Å²) < 4.78 is 5.48. The van der Waals surface area contributed by atoms with Crippen molar-refractivity contribution in [1.29, 1.82) is 0 Å². The number of benzene rings is 3. The van der Waals surface area contributed by atoms with E-state index in [9.17, 15) is 19.2 Å². The Balaban J connectivity index is 1.26. The standard InChI is InChI=1S/C35H30N2O5/c1-20-11-12-24(17-22(20)3)31(38)19-42-35(41)28-18-30(36-29-10-5-4-8-26(28)29)23-13-15-25(16-14-23)37-33(39)27-9-6-7-21(2)32(27)34(37)40/h4-8,10-18,21,27,32H,9,19H2,1-3H3. The summed E-state index contributed by atoms with van der Waals surface area (Å²) in [5, 5.41) is 0.611. The van der Waals surface area contributed by atoms with Crippen molar-refractivity contribution in [2.24, 2.45) is 17.8 Å². The number of fused-ring (bicyclic) bond motifs is 2. The van der Waals surface area contributed by atoms with Gasteiger partial charge in [-0.3, -0.25) is 19.3 Å². The number of amides is 2. The molecule has 1 aliphatic carbocycles. The molecule has 3 aromatic carbocycles. The minimum Gasteiger partial charge on any atom is -0.454 e. The summed E-state index contributed by atoms with van der Waals surface area (Å²) in [6.45, 7) is 5.49. The normalized spacial score (nSPS) is 19.7. The molecule has 0 N–H and O–H groups in total. The molecule has 7 heteroatoms. The number of allylic oxidation sites excluding steroid dienone is 2. The molecule has 42 heavy (non-hydrogen) atoms. The molecule has 3 atom stereocenters. The summed E-state index contributed by atoms with van der Waals surface area (Å²) in [7, 11) is 0. The maximum absolute atomic E-state index is 13.3. The number of carbonyl (C=O) groups excluding carboxylic acids is 4. The Bertz CT molecular complexity index is 1790. The Morgan fingerprint density at radius 3 is 2.43 bits per heavy atom. The second-order valence-corrected chi connectivity index (χ2v) is 11.1. The Morgan fingerprint density at radius 1 is 0.929 bits per heavy atom. The van der Waals surface area contributed by atoms with Gasteiger partial charge in [-0.2, -0.15) is 0 Å². The largest absolute Gasteiger partial charge is 0.454 e. The van der Waals surface area contributed by atoms with Gasteiger partial charge in [-0.15, -0.1) is 0 Å². The summed E-state index contributed by atoms with van der Waals surface area (Å²) in [6.07, 6.45) is 4.56. The van der Waals surface area contributed by atoms with Gasteiger partial charge in [0.15, 0.2) is 12.4 Å². The highest BCUT2D eigenvalue weighted by atomic mass is 16.5. The first-order chi connectivity index (χ1) is 20.2. The van der Waals surface area contributed by atoms with Crippen LogP contribution in [0, 0.1) is 31.6 Å². The number of esters is 1. The molecule has 0 bridgehead atoms. The maximum atomic E-state index is 13.3. The Kier molecular flexibility index (Phi) is 7.02. The number of aryl methyl sites for hydroxylation is 2. The number of hydrogen-bond acceptors (Lipinski definition) is 6. The number of ether oxygens (including phenoxy) is 1. The molecule has 1 aliphatic heterocycles. The zero-order valence-electron chi connectivity index (χ0n) is 23.7. The molecule has 4 aromatic rings. The number of aromatic nitrogens is 1. The number of anilines is 1. The molecule has 2 heterocycles. The molecule has 7 nitrogen and oxygen atoms in total. The fourth-order valence-electron chi connectivity index (χ4n) is 5.88. The van der Waals surface area contributed by atoms with Crippen molar-refractivity contribution in [2.75, 3.05) is 11.5 Å². The Morgan fingerprint density at radius 2 is 1.69 bits per heavy atom. The van der Waals surface area contributed by atoms with E-state index in [4.69, 9.17) is 9.72 Å². The SMILES string of the molecule is Cc1ccc(C(=O)COC(=O)c2cc(-c3ccc(N4C(=O)C5CC=CC(C)C5C4=O)cc3)nc3ccccc23)cc1C. The zero-order chi connectivity index (χ0) is 29.5. The zero-order valence-corrected chi connectivity index (χ0v) is 23.7. The number of ketones is 1. The molecule has 0 radical (unpaired) electrons. The van der Waals surface area contributed by atoms with Gasteiger partial charge in [-0.05, 0) is 67.6 Å². The van der Waals surface area contributed by atoms with Crippen molar-refractivity contribution in [3.8, 4) is 11.3 Å². The van der Waals surface area contributed by atoms with Gasteiger partial charge in [0.05, 0.1) is 34.3 Å². The lowest BCUT2D eigenvalue weighted by Gasteiger charge is -2.22. The van der Waals surface area contributed by atoms with Gasteiger partial charge in [0.1, 0.15) is 0 Å². The van der Waals surface area contributed by atoms with Gasteiger partial charge < -0.3 is 4.74 Å². The fraction of sp³-hybridized carbons (Fsp3) is 0.229. The molecule has 2 amide bonds. The van der Waals surface area contributed by atoms with Crippen LogP contribution in [0.5, 0.6) is 0 Å². The first-order valence-electron chi connectivity index (χ1n) is 14.0. The molecule has 6 rings (SSSR count). The highest BCUT2D eigenvalue weighted by Crippen LogP contribution is 2.40. The van der Waals surface area contributed by atoms with E-state index < -0.39 is 5.97 Å². The van der Waals surface area contributed by atoms with Gasteiger partial charge in [-0.25, -0.2) is 9.78 Å². The first kappa shape index (κ1) is 27.3. The van der Waals surface area contributed by atoms with Crippen molar-refractivity contribution in [2.45, 2.75) is 27.2 Å². The maximum Gasteiger partial charge on any atom is 0.339 e. The van der Waals surface area contributed by atoms with Gasteiger partial charge in [0.25, 0.3) is 0 Å². The molecule has 0 saturated carbocycles. The molecule has 1 fully saturated rings. The third-order valence-electron chi connectivity index (χ3n) is 8.39. The highest BCUT2D eigenvalue weighted by Gasteiger charge is 2.50. The molecule has 2 aliphatic rings. The molecular formula is C35H30N2O5. The molecule has 0 spiro atoms. The quantitative estimate of drug-likeness (QED) is 0.120. The van der Waals surface area contributed by atoms with Crippen LogP contribution in [0.25, 0.3) is 22.2 Å². The number of hydrogen-bond donors (Lipinski definition) is 0. The number of carbonyl (C=O) groups is 4. The van der Waals surface area contributed by atoms with E-state index >= 15 is 0 Å². The number of rotatable bonds is 6. The molecule has 1 aromatic heterocycles. The smallest absolute Gasteiger partial charge is 0.339 e. The van der Waals surface area contributed by atoms with Crippen LogP contribution in [0.15, 0.2) is 84.9 Å². The van der Waals surface area contributed by atoms with E-state index in [-0.39, 0.29) is 42.0 Å². The van der Waals surface area contributed by atoms with Crippen LogP contribution < -0.4 is 4.90 Å². The fourth-order valence-corrected chi connectivity index (χ4v) is 5.88. The lowest BCUT2D eigenvalue weighted by Crippen LogP contribution is -2.31. The van der Waals surface area contributed by atoms with E-state index in [0.29, 0.717) is 45.4 Å². The predicted molar refractivity (Wildman–Crippen MR) is 160 cm³/mol. The van der Waals surface area contributed by atoms with Gasteiger partial charge >= 0.3 is 5.97 Å². The van der Waals surface area contributed by atoms with Gasteiger partial charge in [-0.1, -0.05) is 61.5 Å². The minimum absolute atomic E-state index is 0.0146. The summed E-state index contributed by atoms with van der Waals surface area (Å²) in [5.74, 6) is -1.88. The Labute approximate surface area is 243 Å². The third kappa shape index (κ3) is 4.81.